The molecule has 4 nitrogen and oxygen atoms in total. The molecule has 0 bridgehead atoms. The van der Waals surface area contributed by atoms with E-state index in [1.165, 1.54) is 49.4 Å². The number of aromatic nitrogens is 1. The molecule has 0 atom stereocenters. The van der Waals surface area contributed by atoms with E-state index in [2.05, 4.69) is 68.8 Å². The van der Waals surface area contributed by atoms with Gasteiger partial charge in [-0.15, -0.1) is 0 Å². The minimum absolute atomic E-state index is 1.07. The number of rotatable bonds is 5. The van der Waals surface area contributed by atoms with Gasteiger partial charge in [-0.05, 0) is 50.2 Å². The van der Waals surface area contributed by atoms with Crippen molar-refractivity contribution in [3.63, 3.8) is 0 Å². The van der Waals surface area contributed by atoms with Gasteiger partial charge in [0.25, 0.3) is 0 Å². The molecule has 0 amide bonds. The Hall–Kier alpha value is -1.78. The number of benzene rings is 1. The van der Waals surface area contributed by atoms with Crippen molar-refractivity contribution in [3.05, 3.63) is 53.9 Å². The first-order valence-electron chi connectivity index (χ1n) is 10.2. The van der Waals surface area contributed by atoms with E-state index in [4.69, 9.17) is 0 Å². The van der Waals surface area contributed by atoms with Crippen LogP contribution >= 0.6 is 0 Å². The molecule has 2 fully saturated rings. The first-order chi connectivity index (χ1) is 12.8. The van der Waals surface area contributed by atoms with Crippen molar-refractivity contribution in [2.75, 3.05) is 44.2 Å². The molecule has 4 heteroatoms. The first kappa shape index (κ1) is 17.6. The maximum atomic E-state index is 2.61. The summed E-state index contributed by atoms with van der Waals surface area (Å²) < 4.78 is 2.43. The van der Waals surface area contributed by atoms with E-state index >= 15 is 0 Å². The highest BCUT2D eigenvalue weighted by Crippen LogP contribution is 2.19. The molecule has 0 radical (unpaired) electrons. The van der Waals surface area contributed by atoms with Crippen LogP contribution in [0.25, 0.3) is 0 Å². The van der Waals surface area contributed by atoms with Crippen molar-refractivity contribution in [1.82, 2.24) is 14.4 Å². The zero-order valence-corrected chi connectivity index (χ0v) is 16.1. The number of hydrogen-bond acceptors (Lipinski definition) is 3. The van der Waals surface area contributed by atoms with Crippen LogP contribution in [0.15, 0.2) is 42.5 Å². The average molecular weight is 353 g/mol. The standard InChI is InChI=1S/C22H32N4/c1-23-21(18-24-12-6-3-7-13-24)10-11-22(23)19-25-14-16-26(17-15-25)20-8-4-2-5-9-20/h2,4-5,8-11H,3,6-7,12-19H2,1H3. The minimum atomic E-state index is 1.07. The van der Waals surface area contributed by atoms with Gasteiger partial charge in [0.05, 0.1) is 0 Å². The third kappa shape index (κ3) is 4.13. The van der Waals surface area contributed by atoms with Gasteiger partial charge in [-0.3, -0.25) is 9.80 Å². The molecule has 140 valence electrons. The number of piperidine rings is 1. The molecule has 0 aliphatic carbocycles. The third-order valence-electron chi connectivity index (χ3n) is 6.04. The Bertz CT molecular complexity index is 679. The van der Waals surface area contributed by atoms with Gasteiger partial charge in [-0.25, -0.2) is 0 Å². The number of likely N-dealkylation sites (tertiary alicyclic amines) is 1. The lowest BCUT2D eigenvalue weighted by Crippen LogP contribution is -2.46. The van der Waals surface area contributed by atoms with E-state index in [9.17, 15) is 0 Å². The van der Waals surface area contributed by atoms with E-state index in [0.29, 0.717) is 0 Å². The van der Waals surface area contributed by atoms with Crippen LogP contribution in [0.3, 0.4) is 0 Å². The van der Waals surface area contributed by atoms with Crippen LogP contribution in [-0.2, 0) is 20.1 Å². The van der Waals surface area contributed by atoms with Crippen LogP contribution in [0, 0.1) is 0 Å². The first-order valence-corrected chi connectivity index (χ1v) is 10.2. The molecule has 0 unspecified atom stereocenters. The van der Waals surface area contributed by atoms with Crippen molar-refractivity contribution >= 4 is 5.69 Å². The Kier molecular flexibility index (Phi) is 5.61. The lowest BCUT2D eigenvalue weighted by Gasteiger charge is -2.36. The number of hydrogen-bond donors (Lipinski definition) is 0. The van der Waals surface area contributed by atoms with E-state index in [1.807, 2.05) is 0 Å². The van der Waals surface area contributed by atoms with Crippen LogP contribution < -0.4 is 4.90 Å². The summed E-state index contributed by atoms with van der Waals surface area (Å²) in [6.07, 6.45) is 4.13. The summed E-state index contributed by atoms with van der Waals surface area (Å²) in [6.45, 7) is 9.23. The fourth-order valence-corrected chi connectivity index (χ4v) is 4.30. The maximum Gasteiger partial charge on any atom is 0.0388 e. The summed E-state index contributed by atoms with van der Waals surface area (Å²) >= 11 is 0. The van der Waals surface area contributed by atoms with Crippen molar-refractivity contribution in [2.45, 2.75) is 32.4 Å². The smallest absolute Gasteiger partial charge is 0.0388 e. The molecule has 2 aromatic rings. The molecule has 3 heterocycles. The number of nitrogens with zero attached hydrogens (tertiary/aromatic N) is 4. The van der Waals surface area contributed by atoms with Crippen molar-refractivity contribution < 1.29 is 0 Å². The number of piperazine rings is 1. The topological polar surface area (TPSA) is 14.7 Å². The Morgan fingerprint density at radius 2 is 1.23 bits per heavy atom. The Balaban J connectivity index is 1.31. The van der Waals surface area contributed by atoms with Crippen LogP contribution in [-0.4, -0.2) is 53.6 Å². The zero-order valence-electron chi connectivity index (χ0n) is 16.1. The maximum absolute atomic E-state index is 2.61. The molecule has 1 aromatic heterocycles. The number of para-hydroxylation sites is 1. The fourth-order valence-electron chi connectivity index (χ4n) is 4.30. The van der Waals surface area contributed by atoms with Crippen LogP contribution in [0.1, 0.15) is 30.7 Å². The van der Waals surface area contributed by atoms with Gasteiger partial charge in [0.15, 0.2) is 0 Å². The molecular formula is C22H32N4. The summed E-state index contributed by atoms with van der Waals surface area (Å²) in [4.78, 5) is 7.71. The van der Waals surface area contributed by atoms with Crippen molar-refractivity contribution in [2.24, 2.45) is 7.05 Å². The molecule has 2 aliphatic rings. The van der Waals surface area contributed by atoms with Gasteiger partial charge in [0.1, 0.15) is 0 Å². The molecule has 0 spiro atoms. The second-order valence-electron chi connectivity index (χ2n) is 7.81. The lowest BCUT2D eigenvalue weighted by atomic mass is 10.1. The van der Waals surface area contributed by atoms with Gasteiger partial charge < -0.3 is 9.47 Å². The molecule has 0 saturated carbocycles. The largest absolute Gasteiger partial charge is 0.369 e. The molecule has 2 aliphatic heterocycles. The minimum Gasteiger partial charge on any atom is -0.369 e. The third-order valence-corrected chi connectivity index (χ3v) is 6.04. The molecule has 0 N–H and O–H groups in total. The van der Waals surface area contributed by atoms with Crippen LogP contribution in [0.5, 0.6) is 0 Å². The van der Waals surface area contributed by atoms with E-state index in [1.54, 1.807) is 0 Å². The Morgan fingerprint density at radius 3 is 1.85 bits per heavy atom. The van der Waals surface area contributed by atoms with Gasteiger partial charge >= 0.3 is 0 Å². The normalized spacial score (nSPS) is 19.8. The second kappa shape index (κ2) is 8.28. The Labute approximate surface area is 158 Å². The van der Waals surface area contributed by atoms with Crippen LogP contribution in [0.2, 0.25) is 0 Å². The molecule has 4 rings (SSSR count). The van der Waals surface area contributed by atoms with Crippen LogP contribution in [0.4, 0.5) is 5.69 Å². The predicted octanol–water partition coefficient (Wildman–Crippen LogP) is 3.33. The highest BCUT2D eigenvalue weighted by molar-refractivity contribution is 5.46. The number of anilines is 1. The monoisotopic (exact) mass is 352 g/mol. The SMILES string of the molecule is Cn1c(CN2CCCCC2)ccc1CN1CCN(c2ccccc2)CC1. The lowest BCUT2D eigenvalue weighted by molar-refractivity contribution is 0.215. The van der Waals surface area contributed by atoms with Crippen molar-refractivity contribution in [3.8, 4) is 0 Å². The quantitative estimate of drug-likeness (QED) is 0.820. The molecule has 26 heavy (non-hydrogen) atoms. The average Bonchev–Trinajstić information content (AvgIpc) is 3.04. The van der Waals surface area contributed by atoms with E-state index < -0.39 is 0 Å². The second-order valence-corrected chi connectivity index (χ2v) is 7.81. The highest BCUT2D eigenvalue weighted by atomic mass is 15.3. The molecular weight excluding hydrogens is 320 g/mol. The van der Waals surface area contributed by atoms with Gasteiger partial charge in [0, 0.05) is 63.4 Å². The summed E-state index contributed by atoms with van der Waals surface area (Å²) in [7, 11) is 2.24. The van der Waals surface area contributed by atoms with Gasteiger partial charge in [-0.2, -0.15) is 0 Å². The fraction of sp³-hybridized carbons (Fsp3) is 0.545. The van der Waals surface area contributed by atoms with Gasteiger partial charge in [-0.1, -0.05) is 24.6 Å². The van der Waals surface area contributed by atoms with E-state index in [0.717, 1.165) is 39.3 Å². The predicted molar refractivity (Wildman–Crippen MR) is 108 cm³/mol. The summed E-state index contributed by atoms with van der Waals surface area (Å²) in [6, 6.07) is 15.5. The molecule has 2 saturated heterocycles. The highest BCUT2D eigenvalue weighted by Gasteiger charge is 2.19. The zero-order chi connectivity index (χ0) is 17.8. The van der Waals surface area contributed by atoms with E-state index in [-0.39, 0.29) is 0 Å². The van der Waals surface area contributed by atoms with Crippen molar-refractivity contribution in [1.29, 1.82) is 0 Å². The summed E-state index contributed by atoms with van der Waals surface area (Å²) in [5, 5.41) is 0. The summed E-state index contributed by atoms with van der Waals surface area (Å²) in [5.74, 6) is 0. The Morgan fingerprint density at radius 1 is 0.654 bits per heavy atom. The summed E-state index contributed by atoms with van der Waals surface area (Å²) in [5.41, 5.74) is 4.27. The molecule has 1 aromatic carbocycles. The van der Waals surface area contributed by atoms with Gasteiger partial charge in [0.2, 0.25) is 0 Å².